The normalized spacial score (nSPS) is 17.6. The van der Waals surface area contributed by atoms with Crippen LogP contribution in [-0.4, -0.2) is 23.9 Å². The van der Waals surface area contributed by atoms with E-state index in [1.807, 2.05) is 63.2 Å². The van der Waals surface area contributed by atoms with Crippen LogP contribution in [0.2, 0.25) is 0 Å². The van der Waals surface area contributed by atoms with Crippen LogP contribution in [0, 0.1) is 20.8 Å². The first-order chi connectivity index (χ1) is 15.3. The maximum Gasteiger partial charge on any atom is 0.300 e. The zero-order valence-electron chi connectivity index (χ0n) is 18.5. The van der Waals surface area contributed by atoms with Gasteiger partial charge in [0.05, 0.1) is 18.7 Å². The molecule has 1 atom stereocenters. The van der Waals surface area contributed by atoms with Crippen molar-refractivity contribution in [3.63, 3.8) is 0 Å². The highest BCUT2D eigenvalue weighted by Gasteiger charge is 2.47. The highest BCUT2D eigenvalue weighted by Crippen LogP contribution is 2.43. The van der Waals surface area contributed by atoms with Gasteiger partial charge in [0.1, 0.15) is 11.5 Å². The molecule has 0 aliphatic carbocycles. The number of methoxy groups -OCH3 is 1. The Morgan fingerprint density at radius 2 is 1.50 bits per heavy atom. The molecule has 0 saturated carbocycles. The Morgan fingerprint density at radius 3 is 2.12 bits per heavy atom. The predicted octanol–water partition coefficient (Wildman–Crippen LogP) is 5.25. The molecule has 4 rings (SSSR count). The number of aliphatic hydroxyl groups excluding tert-OH is 1. The van der Waals surface area contributed by atoms with Gasteiger partial charge in [-0.1, -0.05) is 54.1 Å². The molecule has 1 unspecified atom stereocenters. The van der Waals surface area contributed by atoms with Crippen LogP contribution in [0.15, 0.2) is 72.3 Å². The second-order valence-corrected chi connectivity index (χ2v) is 8.10. The molecule has 3 aromatic carbocycles. The summed E-state index contributed by atoms with van der Waals surface area (Å²) in [6.45, 7) is 5.79. The summed E-state index contributed by atoms with van der Waals surface area (Å²) in [5.41, 5.74) is 4.79. The van der Waals surface area contributed by atoms with Gasteiger partial charge in [0.2, 0.25) is 0 Å². The molecule has 1 heterocycles. The van der Waals surface area contributed by atoms with E-state index in [4.69, 9.17) is 4.74 Å². The first-order valence-electron chi connectivity index (χ1n) is 10.4. The molecule has 1 N–H and O–H groups in total. The van der Waals surface area contributed by atoms with E-state index in [0.717, 1.165) is 16.7 Å². The van der Waals surface area contributed by atoms with Crippen LogP contribution in [0.4, 0.5) is 5.69 Å². The number of Topliss-reactive ketones (excluding diaryl/α,β-unsaturated/α-hetero) is 1. The van der Waals surface area contributed by atoms with E-state index in [-0.39, 0.29) is 11.3 Å². The molecule has 0 radical (unpaired) electrons. The molecule has 32 heavy (non-hydrogen) atoms. The molecule has 1 aliphatic rings. The molecular formula is C27H25NO4. The molecule has 0 aromatic heterocycles. The highest BCUT2D eigenvalue weighted by atomic mass is 16.5. The Kier molecular flexibility index (Phi) is 5.57. The summed E-state index contributed by atoms with van der Waals surface area (Å²) >= 11 is 0. The van der Waals surface area contributed by atoms with E-state index in [9.17, 15) is 14.7 Å². The van der Waals surface area contributed by atoms with Crippen LogP contribution in [0.1, 0.15) is 33.9 Å². The Bertz CT molecular complexity index is 1220. The number of benzene rings is 3. The van der Waals surface area contributed by atoms with Crippen molar-refractivity contribution < 1.29 is 19.4 Å². The number of hydrogen-bond acceptors (Lipinski definition) is 4. The number of ketones is 1. The SMILES string of the molecule is COc1ccc(C2/C(=C(\O)c3ccc(C)cc3)C(=O)C(=O)N2c2cc(C)ccc2C)cc1. The van der Waals surface area contributed by atoms with Crippen molar-refractivity contribution in [1.29, 1.82) is 0 Å². The summed E-state index contributed by atoms with van der Waals surface area (Å²) in [6, 6.07) is 19.4. The standard InChI is InChI=1S/C27H25NO4/c1-16-6-9-20(10-7-16)25(29)23-24(19-11-13-21(32-4)14-12-19)28(27(31)26(23)30)22-15-17(2)5-8-18(22)3/h5-15,24,29H,1-4H3/b25-23+. The van der Waals surface area contributed by atoms with E-state index in [1.165, 1.54) is 4.90 Å². The largest absolute Gasteiger partial charge is 0.507 e. The quantitative estimate of drug-likeness (QED) is 0.351. The van der Waals surface area contributed by atoms with E-state index in [0.29, 0.717) is 22.6 Å². The fourth-order valence-electron chi connectivity index (χ4n) is 4.03. The summed E-state index contributed by atoms with van der Waals surface area (Å²) in [4.78, 5) is 28.0. The molecule has 162 valence electrons. The summed E-state index contributed by atoms with van der Waals surface area (Å²) in [7, 11) is 1.58. The molecule has 5 nitrogen and oxygen atoms in total. The minimum atomic E-state index is -0.761. The van der Waals surface area contributed by atoms with Crippen molar-refractivity contribution in [2.75, 3.05) is 12.0 Å². The van der Waals surface area contributed by atoms with Crippen molar-refractivity contribution in [1.82, 2.24) is 0 Å². The lowest BCUT2D eigenvalue weighted by molar-refractivity contribution is -0.132. The summed E-state index contributed by atoms with van der Waals surface area (Å²) in [5.74, 6) is -0.883. The number of carbonyl (C=O) groups is 2. The highest BCUT2D eigenvalue weighted by molar-refractivity contribution is 6.51. The summed E-state index contributed by atoms with van der Waals surface area (Å²) in [5, 5.41) is 11.2. The third kappa shape index (κ3) is 3.66. The zero-order chi connectivity index (χ0) is 23.0. The lowest BCUT2D eigenvalue weighted by Gasteiger charge is -2.27. The minimum Gasteiger partial charge on any atom is -0.507 e. The zero-order valence-corrected chi connectivity index (χ0v) is 18.5. The number of rotatable bonds is 4. The van der Waals surface area contributed by atoms with Gasteiger partial charge in [-0.3, -0.25) is 14.5 Å². The number of nitrogens with zero attached hydrogens (tertiary/aromatic N) is 1. The first kappa shape index (κ1) is 21.4. The van der Waals surface area contributed by atoms with Crippen LogP contribution in [-0.2, 0) is 9.59 Å². The fourth-order valence-corrected chi connectivity index (χ4v) is 4.03. The van der Waals surface area contributed by atoms with Gasteiger partial charge in [-0.25, -0.2) is 0 Å². The van der Waals surface area contributed by atoms with Gasteiger partial charge >= 0.3 is 0 Å². The molecule has 0 bridgehead atoms. The van der Waals surface area contributed by atoms with Gasteiger partial charge in [-0.05, 0) is 55.7 Å². The third-order valence-electron chi connectivity index (χ3n) is 5.83. The first-order valence-corrected chi connectivity index (χ1v) is 10.4. The Hall–Kier alpha value is -3.86. The number of aliphatic hydroxyl groups is 1. The average Bonchev–Trinajstić information content (AvgIpc) is 3.06. The smallest absolute Gasteiger partial charge is 0.300 e. The van der Waals surface area contributed by atoms with E-state index in [2.05, 4.69) is 0 Å². The van der Waals surface area contributed by atoms with Gasteiger partial charge in [0.25, 0.3) is 11.7 Å². The van der Waals surface area contributed by atoms with Crippen LogP contribution >= 0.6 is 0 Å². The number of aryl methyl sites for hydroxylation is 3. The molecule has 3 aromatic rings. The van der Waals surface area contributed by atoms with Crippen molar-refractivity contribution >= 4 is 23.1 Å². The molecule has 5 heteroatoms. The van der Waals surface area contributed by atoms with Gasteiger partial charge in [-0.2, -0.15) is 0 Å². The van der Waals surface area contributed by atoms with Gasteiger partial charge in [0, 0.05) is 11.3 Å². The van der Waals surface area contributed by atoms with E-state index >= 15 is 0 Å². The van der Waals surface area contributed by atoms with Gasteiger partial charge < -0.3 is 9.84 Å². The molecule has 1 amide bonds. The second kappa shape index (κ2) is 8.35. The molecular weight excluding hydrogens is 402 g/mol. The monoisotopic (exact) mass is 427 g/mol. The lowest BCUT2D eigenvalue weighted by atomic mass is 9.94. The number of hydrogen-bond donors (Lipinski definition) is 1. The summed E-state index contributed by atoms with van der Waals surface area (Å²) in [6.07, 6.45) is 0. The van der Waals surface area contributed by atoms with E-state index in [1.54, 1.807) is 31.4 Å². The number of carbonyl (C=O) groups excluding carboxylic acids is 2. The Balaban J connectivity index is 1.96. The Labute approximate surface area is 187 Å². The van der Waals surface area contributed by atoms with Crippen molar-refractivity contribution in [3.8, 4) is 5.75 Å². The van der Waals surface area contributed by atoms with Crippen molar-refractivity contribution in [2.24, 2.45) is 0 Å². The third-order valence-corrected chi connectivity index (χ3v) is 5.83. The number of amides is 1. The maximum atomic E-state index is 13.3. The average molecular weight is 428 g/mol. The fraction of sp³-hybridized carbons (Fsp3) is 0.185. The van der Waals surface area contributed by atoms with Gasteiger partial charge in [0.15, 0.2) is 0 Å². The van der Waals surface area contributed by atoms with Crippen molar-refractivity contribution in [2.45, 2.75) is 26.8 Å². The molecule has 1 aliphatic heterocycles. The van der Waals surface area contributed by atoms with Crippen LogP contribution in [0.5, 0.6) is 5.75 Å². The van der Waals surface area contributed by atoms with Crippen LogP contribution < -0.4 is 9.64 Å². The van der Waals surface area contributed by atoms with E-state index < -0.39 is 17.7 Å². The molecule has 1 fully saturated rings. The van der Waals surface area contributed by atoms with Crippen molar-refractivity contribution in [3.05, 3.63) is 100 Å². The minimum absolute atomic E-state index is 0.0740. The number of ether oxygens (including phenoxy) is 1. The summed E-state index contributed by atoms with van der Waals surface area (Å²) < 4.78 is 5.27. The predicted molar refractivity (Wildman–Crippen MR) is 125 cm³/mol. The maximum absolute atomic E-state index is 13.3. The topological polar surface area (TPSA) is 66.8 Å². The Morgan fingerprint density at radius 1 is 0.875 bits per heavy atom. The molecule has 0 spiro atoms. The second-order valence-electron chi connectivity index (χ2n) is 8.10. The number of anilines is 1. The van der Waals surface area contributed by atoms with Gasteiger partial charge in [-0.15, -0.1) is 0 Å². The van der Waals surface area contributed by atoms with Crippen LogP contribution in [0.25, 0.3) is 5.76 Å². The van der Waals surface area contributed by atoms with Crippen LogP contribution in [0.3, 0.4) is 0 Å². The lowest BCUT2D eigenvalue weighted by Crippen LogP contribution is -2.30. The molecule has 1 saturated heterocycles.